The molecule has 2 aromatic rings. The quantitative estimate of drug-likeness (QED) is 0.807. The van der Waals surface area contributed by atoms with Gasteiger partial charge >= 0.3 is 0 Å². The molecule has 0 aliphatic carbocycles. The summed E-state index contributed by atoms with van der Waals surface area (Å²) in [6.07, 6.45) is 0.726. The molecule has 1 N–H and O–H groups in total. The second-order valence-corrected chi connectivity index (χ2v) is 5.19. The van der Waals surface area contributed by atoms with Crippen LogP contribution in [0, 0.1) is 0 Å². The topological polar surface area (TPSA) is 73.5 Å². The summed E-state index contributed by atoms with van der Waals surface area (Å²) < 4.78 is 12.1. The lowest BCUT2D eigenvalue weighted by molar-refractivity contribution is -0.122. The molecule has 1 amide bonds. The number of nitrogens with one attached hydrogen (secondary N) is 1. The van der Waals surface area contributed by atoms with Crippen molar-refractivity contribution in [1.29, 1.82) is 0 Å². The third-order valence-electron chi connectivity index (χ3n) is 2.74. The maximum atomic E-state index is 12.0. The molecule has 1 aromatic heterocycles. The highest BCUT2D eigenvalue weighted by atomic mass is 79.9. The van der Waals surface area contributed by atoms with Gasteiger partial charge in [-0.1, -0.05) is 15.9 Å². The highest BCUT2D eigenvalue weighted by Gasteiger charge is 2.12. The second kappa shape index (κ2) is 6.71. The summed E-state index contributed by atoms with van der Waals surface area (Å²) in [5.41, 5.74) is 0.149. The lowest BCUT2D eigenvalue weighted by atomic mass is 10.3. The maximum absolute atomic E-state index is 12.0. The molecule has 0 spiro atoms. The average Bonchev–Trinajstić information content (AvgIpc) is 2.71. The number of amides is 1. The predicted molar refractivity (Wildman–Crippen MR) is 77.7 cm³/mol. The largest absolute Gasteiger partial charge is 0.385 e. The van der Waals surface area contributed by atoms with Gasteiger partial charge in [0.05, 0.1) is 5.39 Å². The molecule has 0 saturated heterocycles. The van der Waals surface area contributed by atoms with Gasteiger partial charge < -0.3 is 14.6 Å². The summed E-state index contributed by atoms with van der Waals surface area (Å²) in [7, 11) is 1.61. The molecular formula is C13H15BrN2O4. The van der Waals surface area contributed by atoms with Crippen LogP contribution in [0.25, 0.3) is 11.0 Å². The Balaban J connectivity index is 2.04. The van der Waals surface area contributed by atoms with E-state index in [1.807, 2.05) is 0 Å². The van der Waals surface area contributed by atoms with Crippen molar-refractivity contribution in [2.45, 2.75) is 13.0 Å². The van der Waals surface area contributed by atoms with E-state index in [9.17, 15) is 9.59 Å². The SMILES string of the molecule is COCCCNC(=O)Cn1oc2cc(Br)ccc2c1=O. The predicted octanol–water partition coefficient (Wildman–Crippen LogP) is 1.51. The molecule has 1 heterocycles. The number of hydrogen-bond acceptors (Lipinski definition) is 4. The maximum Gasteiger partial charge on any atom is 0.290 e. The van der Waals surface area contributed by atoms with Crippen LogP contribution in [-0.2, 0) is 16.1 Å². The molecule has 1 aromatic carbocycles. The number of fused-ring (bicyclic) bond motifs is 1. The van der Waals surface area contributed by atoms with E-state index in [0.717, 1.165) is 15.6 Å². The number of halogens is 1. The minimum absolute atomic E-state index is 0.127. The zero-order chi connectivity index (χ0) is 14.5. The molecule has 20 heavy (non-hydrogen) atoms. The Kier molecular flexibility index (Phi) is 4.97. The van der Waals surface area contributed by atoms with Crippen molar-refractivity contribution in [3.63, 3.8) is 0 Å². The molecule has 0 fully saturated rings. The van der Waals surface area contributed by atoms with E-state index in [2.05, 4.69) is 21.2 Å². The smallest absolute Gasteiger partial charge is 0.290 e. The molecule has 7 heteroatoms. The van der Waals surface area contributed by atoms with E-state index in [1.54, 1.807) is 25.3 Å². The minimum atomic E-state index is -0.306. The number of carbonyl (C=O) groups excluding carboxylic acids is 1. The first-order chi connectivity index (χ1) is 9.61. The fourth-order valence-electron chi connectivity index (χ4n) is 1.78. The summed E-state index contributed by atoms with van der Waals surface area (Å²) in [5.74, 6) is -0.263. The summed E-state index contributed by atoms with van der Waals surface area (Å²) in [4.78, 5) is 23.7. The number of ether oxygens (including phenoxy) is 1. The van der Waals surface area contributed by atoms with Gasteiger partial charge in [-0.2, -0.15) is 4.74 Å². The van der Waals surface area contributed by atoms with E-state index in [1.165, 1.54) is 0 Å². The van der Waals surface area contributed by atoms with Crippen LogP contribution in [-0.4, -0.2) is 30.9 Å². The van der Waals surface area contributed by atoms with Crippen LogP contribution in [0.4, 0.5) is 0 Å². The molecule has 2 rings (SSSR count). The lowest BCUT2D eigenvalue weighted by Crippen LogP contribution is -2.31. The number of aromatic nitrogens is 1. The number of methoxy groups -OCH3 is 1. The van der Waals surface area contributed by atoms with Crippen molar-refractivity contribution < 1.29 is 14.1 Å². The van der Waals surface area contributed by atoms with Gasteiger partial charge in [0.2, 0.25) is 5.91 Å². The third-order valence-corrected chi connectivity index (χ3v) is 3.24. The summed E-state index contributed by atoms with van der Waals surface area (Å²) in [6.45, 7) is 0.963. The first-order valence-electron chi connectivity index (χ1n) is 6.17. The summed E-state index contributed by atoms with van der Waals surface area (Å²) >= 11 is 3.30. The zero-order valence-electron chi connectivity index (χ0n) is 11.0. The van der Waals surface area contributed by atoms with Gasteiger partial charge in [-0.3, -0.25) is 9.59 Å². The van der Waals surface area contributed by atoms with Crippen LogP contribution >= 0.6 is 15.9 Å². The van der Waals surface area contributed by atoms with Gasteiger partial charge in [0.15, 0.2) is 5.58 Å². The summed E-state index contributed by atoms with van der Waals surface area (Å²) in [5, 5.41) is 3.16. The number of carbonyl (C=O) groups is 1. The normalized spacial score (nSPS) is 10.9. The van der Waals surface area contributed by atoms with Crippen molar-refractivity contribution in [2.24, 2.45) is 0 Å². The molecule has 0 atom stereocenters. The van der Waals surface area contributed by atoms with Crippen LogP contribution in [0.2, 0.25) is 0 Å². The van der Waals surface area contributed by atoms with Gasteiger partial charge in [0.25, 0.3) is 5.56 Å². The van der Waals surface area contributed by atoms with Gasteiger partial charge in [-0.25, -0.2) is 0 Å². The summed E-state index contributed by atoms with van der Waals surface area (Å²) in [6, 6.07) is 5.12. The van der Waals surface area contributed by atoms with Crippen molar-refractivity contribution in [3.8, 4) is 0 Å². The molecule has 0 aliphatic rings. The highest BCUT2D eigenvalue weighted by molar-refractivity contribution is 9.10. The van der Waals surface area contributed by atoms with Crippen LogP contribution in [0.5, 0.6) is 0 Å². The first-order valence-corrected chi connectivity index (χ1v) is 6.96. The number of hydrogen-bond donors (Lipinski definition) is 1. The van der Waals surface area contributed by atoms with Crippen molar-refractivity contribution >= 4 is 32.8 Å². The van der Waals surface area contributed by atoms with E-state index < -0.39 is 0 Å². The van der Waals surface area contributed by atoms with Crippen LogP contribution < -0.4 is 10.9 Å². The second-order valence-electron chi connectivity index (χ2n) is 4.27. The van der Waals surface area contributed by atoms with Crippen molar-refractivity contribution in [3.05, 3.63) is 33.0 Å². The Labute approximate surface area is 123 Å². The van der Waals surface area contributed by atoms with Gasteiger partial charge in [0, 0.05) is 24.7 Å². The molecule has 0 aliphatic heterocycles. The molecule has 6 nitrogen and oxygen atoms in total. The Morgan fingerprint density at radius 1 is 1.50 bits per heavy atom. The Morgan fingerprint density at radius 2 is 2.30 bits per heavy atom. The van der Waals surface area contributed by atoms with E-state index in [4.69, 9.17) is 9.26 Å². The minimum Gasteiger partial charge on any atom is -0.385 e. The highest BCUT2D eigenvalue weighted by Crippen LogP contribution is 2.17. The van der Waals surface area contributed by atoms with Crippen LogP contribution in [0.3, 0.4) is 0 Å². The monoisotopic (exact) mass is 342 g/mol. The van der Waals surface area contributed by atoms with E-state index in [0.29, 0.717) is 24.1 Å². The van der Waals surface area contributed by atoms with Crippen LogP contribution in [0.15, 0.2) is 32.0 Å². The van der Waals surface area contributed by atoms with Gasteiger partial charge in [-0.05, 0) is 24.6 Å². The molecule has 0 radical (unpaired) electrons. The van der Waals surface area contributed by atoms with Crippen molar-refractivity contribution in [1.82, 2.24) is 10.1 Å². The molecule has 108 valence electrons. The molecule has 0 unspecified atom stereocenters. The first kappa shape index (κ1) is 14.8. The molecule has 0 saturated carbocycles. The van der Waals surface area contributed by atoms with E-state index >= 15 is 0 Å². The number of benzene rings is 1. The van der Waals surface area contributed by atoms with Crippen molar-refractivity contribution in [2.75, 3.05) is 20.3 Å². The van der Waals surface area contributed by atoms with Gasteiger partial charge in [-0.15, -0.1) is 0 Å². The zero-order valence-corrected chi connectivity index (χ0v) is 12.6. The fourth-order valence-corrected chi connectivity index (χ4v) is 2.12. The fraction of sp³-hybridized carbons (Fsp3) is 0.385. The van der Waals surface area contributed by atoms with Gasteiger partial charge in [0.1, 0.15) is 6.54 Å². The lowest BCUT2D eigenvalue weighted by Gasteiger charge is -2.03. The Morgan fingerprint density at radius 3 is 3.05 bits per heavy atom. The van der Waals surface area contributed by atoms with E-state index in [-0.39, 0.29) is 18.0 Å². The van der Waals surface area contributed by atoms with Crippen LogP contribution in [0.1, 0.15) is 6.42 Å². The number of rotatable bonds is 6. The number of nitrogens with zero attached hydrogens (tertiary/aromatic N) is 1. The third kappa shape index (κ3) is 3.49. The molecular weight excluding hydrogens is 328 g/mol. The average molecular weight is 343 g/mol. The standard InChI is InChI=1S/C13H15BrN2O4/c1-19-6-2-5-15-12(17)8-16-13(18)10-4-3-9(14)7-11(10)20-16/h3-4,7H,2,5-6,8H2,1H3,(H,15,17). The Hall–Kier alpha value is -1.60. The Bertz CT molecular complexity index is 662. The molecule has 0 bridgehead atoms.